The summed E-state index contributed by atoms with van der Waals surface area (Å²) in [5, 5.41) is 16.2. The maximum Gasteiger partial charge on any atom is 0.256 e. The molecular formula is C22H20N4O3S. The Balaban J connectivity index is 1.29. The Bertz CT molecular complexity index is 1140. The summed E-state index contributed by atoms with van der Waals surface area (Å²) < 4.78 is 11.6. The minimum absolute atomic E-state index is 0.0532. The number of hydrogen-bond acceptors (Lipinski definition) is 7. The average molecular weight is 420 g/mol. The highest BCUT2D eigenvalue weighted by Crippen LogP contribution is 2.40. The number of anilines is 1. The number of nitriles is 1. The van der Waals surface area contributed by atoms with E-state index in [0.717, 1.165) is 30.1 Å². The first kappa shape index (κ1) is 18.7. The van der Waals surface area contributed by atoms with Crippen molar-refractivity contribution in [3.05, 3.63) is 69.5 Å². The van der Waals surface area contributed by atoms with Gasteiger partial charge < -0.3 is 24.7 Å². The Morgan fingerprint density at radius 2 is 2.10 bits per heavy atom. The van der Waals surface area contributed by atoms with Crippen LogP contribution in [0.2, 0.25) is 0 Å². The summed E-state index contributed by atoms with van der Waals surface area (Å²) >= 11 is 1.66. The van der Waals surface area contributed by atoms with Crippen LogP contribution in [0, 0.1) is 11.3 Å². The van der Waals surface area contributed by atoms with Crippen molar-refractivity contribution < 1.29 is 13.9 Å². The van der Waals surface area contributed by atoms with Crippen LogP contribution in [0.5, 0.6) is 5.75 Å². The fourth-order valence-electron chi connectivity index (χ4n) is 3.79. The Labute approximate surface area is 177 Å². The molecule has 5 rings (SSSR count). The number of amides is 1. The largest absolute Gasteiger partial charge is 0.486 e. The number of hydrogen-bond donors (Lipinski definition) is 2. The van der Waals surface area contributed by atoms with Crippen molar-refractivity contribution >= 4 is 22.2 Å². The van der Waals surface area contributed by atoms with Crippen LogP contribution in [-0.4, -0.2) is 24.4 Å². The van der Waals surface area contributed by atoms with Gasteiger partial charge in [-0.15, -0.1) is 11.3 Å². The Hall–Kier alpha value is -3.28. The molecule has 30 heavy (non-hydrogen) atoms. The third-order valence-corrected chi connectivity index (χ3v) is 6.51. The SMILES string of the molecule is CN1CCc2c(sc3c2C(=O)N[C@@H](c2ccc(COc4ccc(C#N)cc4)o2)N3)C1. The number of carbonyl (C=O) groups excluding carboxylic acids is 1. The van der Waals surface area contributed by atoms with E-state index in [9.17, 15) is 4.79 Å². The molecule has 2 aliphatic heterocycles. The number of furan rings is 1. The van der Waals surface area contributed by atoms with Gasteiger partial charge in [-0.25, -0.2) is 0 Å². The van der Waals surface area contributed by atoms with Crippen molar-refractivity contribution in [3.8, 4) is 11.8 Å². The van der Waals surface area contributed by atoms with Gasteiger partial charge in [-0.05, 0) is 55.4 Å². The standard InChI is InChI=1S/C22H20N4O3S/c1-26-9-8-16-18(11-26)30-22-19(16)21(27)24-20(25-22)17-7-6-15(29-17)12-28-14-4-2-13(10-23)3-5-14/h2-7,20,25H,8-9,11-12H2,1H3,(H,24,27)/t20-/m1/s1. The van der Waals surface area contributed by atoms with Gasteiger partial charge in [0.2, 0.25) is 0 Å². The summed E-state index contributed by atoms with van der Waals surface area (Å²) in [6, 6.07) is 12.7. The molecule has 2 N–H and O–H groups in total. The van der Waals surface area contributed by atoms with Crippen molar-refractivity contribution in [2.45, 2.75) is 25.7 Å². The van der Waals surface area contributed by atoms with Crippen LogP contribution in [0.3, 0.4) is 0 Å². The molecule has 0 spiro atoms. The molecule has 0 radical (unpaired) electrons. The van der Waals surface area contributed by atoms with Crippen molar-refractivity contribution in [2.75, 3.05) is 18.9 Å². The zero-order valence-electron chi connectivity index (χ0n) is 16.4. The number of nitrogens with one attached hydrogen (secondary N) is 2. The van der Waals surface area contributed by atoms with Crippen LogP contribution in [0.4, 0.5) is 5.00 Å². The second-order valence-corrected chi connectivity index (χ2v) is 8.58. The zero-order chi connectivity index (χ0) is 20.7. The Kier molecular flexibility index (Phi) is 4.69. The van der Waals surface area contributed by atoms with E-state index < -0.39 is 6.17 Å². The first-order valence-electron chi connectivity index (χ1n) is 9.73. The van der Waals surface area contributed by atoms with Gasteiger partial charge >= 0.3 is 0 Å². The fourth-order valence-corrected chi connectivity index (χ4v) is 5.15. The molecule has 1 amide bonds. The molecule has 0 fully saturated rings. The van der Waals surface area contributed by atoms with Crippen LogP contribution < -0.4 is 15.4 Å². The van der Waals surface area contributed by atoms with E-state index >= 15 is 0 Å². The second kappa shape index (κ2) is 7.52. The highest BCUT2D eigenvalue weighted by molar-refractivity contribution is 7.16. The summed E-state index contributed by atoms with van der Waals surface area (Å²) in [5.74, 6) is 1.90. The topological polar surface area (TPSA) is 90.5 Å². The molecule has 1 aromatic carbocycles. The van der Waals surface area contributed by atoms with E-state index in [4.69, 9.17) is 14.4 Å². The van der Waals surface area contributed by atoms with Gasteiger partial charge in [-0.3, -0.25) is 4.79 Å². The molecule has 0 saturated carbocycles. The van der Waals surface area contributed by atoms with Gasteiger partial charge in [-0.2, -0.15) is 5.26 Å². The molecule has 0 aliphatic carbocycles. The lowest BCUT2D eigenvalue weighted by Gasteiger charge is -2.26. The Morgan fingerprint density at radius 3 is 2.90 bits per heavy atom. The van der Waals surface area contributed by atoms with E-state index in [1.165, 1.54) is 10.4 Å². The lowest BCUT2D eigenvalue weighted by atomic mass is 10.0. The van der Waals surface area contributed by atoms with Crippen LogP contribution in [0.15, 0.2) is 40.8 Å². The number of thiophene rings is 1. The van der Waals surface area contributed by atoms with Gasteiger partial charge in [0.15, 0.2) is 6.17 Å². The summed E-state index contributed by atoms with van der Waals surface area (Å²) in [4.78, 5) is 16.3. The molecule has 3 aromatic rings. The third kappa shape index (κ3) is 3.43. The summed E-state index contributed by atoms with van der Waals surface area (Å²) in [5.41, 5.74) is 2.55. The summed E-state index contributed by atoms with van der Waals surface area (Å²) in [6.07, 6.45) is 0.487. The summed E-state index contributed by atoms with van der Waals surface area (Å²) in [7, 11) is 2.10. The van der Waals surface area contributed by atoms with Gasteiger partial charge in [0.05, 0.1) is 17.2 Å². The maximum absolute atomic E-state index is 12.8. The maximum atomic E-state index is 12.8. The molecule has 0 unspecified atom stereocenters. The number of carbonyl (C=O) groups is 1. The molecule has 2 aromatic heterocycles. The van der Waals surface area contributed by atoms with Crippen molar-refractivity contribution in [1.82, 2.24) is 10.2 Å². The predicted octanol–water partition coefficient (Wildman–Crippen LogP) is 3.63. The van der Waals surface area contributed by atoms with E-state index in [0.29, 0.717) is 22.8 Å². The number of rotatable bonds is 4. The normalized spacial score (nSPS) is 18.0. The number of benzene rings is 1. The van der Waals surface area contributed by atoms with Crippen LogP contribution in [-0.2, 0) is 19.6 Å². The quantitative estimate of drug-likeness (QED) is 0.670. The van der Waals surface area contributed by atoms with Gasteiger partial charge in [-0.1, -0.05) is 0 Å². The molecular weight excluding hydrogens is 400 g/mol. The predicted molar refractivity (Wildman–Crippen MR) is 112 cm³/mol. The zero-order valence-corrected chi connectivity index (χ0v) is 17.2. The number of fused-ring (bicyclic) bond motifs is 3. The van der Waals surface area contributed by atoms with Crippen molar-refractivity contribution in [3.63, 3.8) is 0 Å². The first-order chi connectivity index (χ1) is 14.6. The van der Waals surface area contributed by atoms with Crippen molar-refractivity contribution in [2.24, 2.45) is 0 Å². The smallest absolute Gasteiger partial charge is 0.256 e. The van der Waals surface area contributed by atoms with Crippen LogP contribution >= 0.6 is 11.3 Å². The van der Waals surface area contributed by atoms with E-state index in [1.54, 1.807) is 35.6 Å². The second-order valence-electron chi connectivity index (χ2n) is 7.48. The van der Waals surface area contributed by atoms with E-state index in [1.807, 2.05) is 12.1 Å². The number of likely N-dealkylation sites (N-methyl/N-ethyl adjacent to an activating group) is 1. The highest BCUT2D eigenvalue weighted by Gasteiger charge is 2.33. The lowest BCUT2D eigenvalue weighted by molar-refractivity contribution is 0.0929. The lowest BCUT2D eigenvalue weighted by Crippen LogP contribution is -2.38. The minimum atomic E-state index is -0.411. The van der Waals surface area contributed by atoms with Crippen LogP contribution in [0.1, 0.15) is 44.0 Å². The molecule has 8 heteroatoms. The monoisotopic (exact) mass is 420 g/mol. The molecule has 1 atom stereocenters. The number of nitrogens with zero attached hydrogens (tertiary/aromatic N) is 2. The average Bonchev–Trinajstić information content (AvgIpc) is 3.36. The Morgan fingerprint density at radius 1 is 1.27 bits per heavy atom. The highest BCUT2D eigenvalue weighted by atomic mass is 32.1. The molecule has 2 aliphatic rings. The molecule has 0 bridgehead atoms. The van der Waals surface area contributed by atoms with Crippen LogP contribution in [0.25, 0.3) is 0 Å². The van der Waals surface area contributed by atoms with Gasteiger partial charge in [0.1, 0.15) is 28.9 Å². The van der Waals surface area contributed by atoms with Crippen molar-refractivity contribution in [1.29, 1.82) is 5.26 Å². The van der Waals surface area contributed by atoms with E-state index in [-0.39, 0.29) is 12.5 Å². The third-order valence-electron chi connectivity index (χ3n) is 5.36. The van der Waals surface area contributed by atoms with Gasteiger partial charge in [0.25, 0.3) is 5.91 Å². The first-order valence-corrected chi connectivity index (χ1v) is 10.5. The molecule has 4 heterocycles. The van der Waals surface area contributed by atoms with E-state index in [2.05, 4.69) is 28.7 Å². The fraction of sp³-hybridized carbons (Fsp3) is 0.273. The molecule has 7 nitrogen and oxygen atoms in total. The molecule has 152 valence electrons. The number of ether oxygens (including phenoxy) is 1. The van der Waals surface area contributed by atoms with Gasteiger partial charge in [0, 0.05) is 18.0 Å². The molecule has 0 saturated heterocycles. The summed E-state index contributed by atoms with van der Waals surface area (Å²) in [6.45, 7) is 2.11. The minimum Gasteiger partial charge on any atom is -0.486 e.